The molecule has 4 nitrogen and oxygen atoms in total. The Labute approximate surface area is 119 Å². The van der Waals surface area contributed by atoms with Crippen molar-refractivity contribution >= 4 is 17.8 Å². The smallest absolute Gasteiger partial charge is 0.184 e. The summed E-state index contributed by atoms with van der Waals surface area (Å²) in [5, 5.41) is 7.72. The zero-order valence-corrected chi connectivity index (χ0v) is 11.8. The lowest BCUT2D eigenvalue weighted by Gasteiger charge is -2.21. The molecule has 1 unspecified atom stereocenters. The molecule has 1 aliphatic rings. The van der Waals surface area contributed by atoms with Crippen LogP contribution in [0.15, 0.2) is 34.5 Å². The van der Waals surface area contributed by atoms with Gasteiger partial charge in [0.25, 0.3) is 0 Å². The number of carbonyl (C=O) groups is 2. The van der Waals surface area contributed by atoms with Gasteiger partial charge in [0.05, 0.1) is 5.69 Å². The fourth-order valence-electron chi connectivity index (χ4n) is 2.58. The Morgan fingerprint density at radius 1 is 1.20 bits per heavy atom. The minimum absolute atomic E-state index is 0.289. The van der Waals surface area contributed by atoms with Crippen LogP contribution in [0.1, 0.15) is 50.5 Å². The van der Waals surface area contributed by atoms with Crippen molar-refractivity contribution in [3.05, 3.63) is 29.8 Å². The van der Waals surface area contributed by atoms with Crippen molar-refractivity contribution < 1.29 is 9.59 Å². The molecule has 0 saturated heterocycles. The van der Waals surface area contributed by atoms with Crippen LogP contribution in [0.4, 0.5) is 5.69 Å². The first-order valence-corrected chi connectivity index (χ1v) is 7.17. The van der Waals surface area contributed by atoms with Crippen LogP contribution < -0.4 is 0 Å². The van der Waals surface area contributed by atoms with Gasteiger partial charge in [-0.25, -0.2) is 0 Å². The first kappa shape index (κ1) is 14.6. The van der Waals surface area contributed by atoms with Gasteiger partial charge in [0.2, 0.25) is 0 Å². The molecular weight excluding hydrogens is 252 g/mol. The van der Waals surface area contributed by atoms with Crippen molar-refractivity contribution in [1.29, 1.82) is 0 Å². The molecule has 1 aromatic rings. The highest BCUT2D eigenvalue weighted by atomic mass is 16.1. The third-order valence-corrected chi connectivity index (χ3v) is 3.81. The number of hydrogen-bond donors (Lipinski definition) is 0. The van der Waals surface area contributed by atoms with E-state index in [-0.39, 0.29) is 5.78 Å². The van der Waals surface area contributed by atoms with Crippen molar-refractivity contribution in [2.75, 3.05) is 0 Å². The minimum atomic E-state index is -0.979. The lowest BCUT2D eigenvalue weighted by Crippen LogP contribution is -2.15. The fourth-order valence-corrected chi connectivity index (χ4v) is 2.58. The summed E-state index contributed by atoms with van der Waals surface area (Å²) in [6.45, 7) is 1.34. The van der Waals surface area contributed by atoms with E-state index in [1.807, 2.05) is 12.1 Å². The van der Waals surface area contributed by atoms with Crippen LogP contribution in [-0.4, -0.2) is 18.1 Å². The molecule has 0 aliphatic heterocycles. The molecule has 20 heavy (non-hydrogen) atoms. The molecule has 2 rings (SSSR count). The van der Waals surface area contributed by atoms with Gasteiger partial charge in [-0.1, -0.05) is 31.4 Å². The molecule has 0 radical (unpaired) electrons. The highest BCUT2D eigenvalue weighted by molar-refractivity contribution is 5.95. The van der Waals surface area contributed by atoms with Crippen LogP contribution >= 0.6 is 0 Å². The zero-order valence-electron chi connectivity index (χ0n) is 11.8. The van der Waals surface area contributed by atoms with Crippen LogP contribution in [-0.2, 0) is 9.59 Å². The summed E-state index contributed by atoms with van der Waals surface area (Å²) in [4.78, 5) is 21.7. The van der Waals surface area contributed by atoms with E-state index >= 15 is 0 Å². The van der Waals surface area contributed by atoms with Crippen LogP contribution in [0, 0.1) is 0 Å². The van der Waals surface area contributed by atoms with Crippen molar-refractivity contribution in [3.8, 4) is 0 Å². The number of rotatable bonds is 5. The quantitative estimate of drug-likeness (QED) is 0.462. The minimum Gasteiger partial charge on any atom is -0.300 e. The molecule has 0 spiro atoms. The number of azo groups is 1. The summed E-state index contributed by atoms with van der Waals surface area (Å²) in [6, 6.07) is 6.97. The maximum absolute atomic E-state index is 11.1. The molecular formula is C16H20N2O2. The summed E-state index contributed by atoms with van der Waals surface area (Å²) >= 11 is 0. The molecule has 0 N–H and O–H groups in total. The average molecular weight is 272 g/mol. The highest BCUT2D eigenvalue weighted by Gasteiger charge is 2.15. The van der Waals surface area contributed by atoms with Crippen LogP contribution in [0.2, 0.25) is 0 Å². The SMILES string of the molecule is CC(=O)C(C=O)N=Nc1ccc(C2CCCCC2)cc1. The van der Waals surface area contributed by atoms with Crippen LogP contribution in [0.5, 0.6) is 0 Å². The van der Waals surface area contributed by atoms with E-state index in [1.54, 1.807) is 0 Å². The van der Waals surface area contributed by atoms with Crippen LogP contribution in [0.3, 0.4) is 0 Å². The monoisotopic (exact) mass is 272 g/mol. The molecule has 0 heterocycles. The molecule has 1 atom stereocenters. The van der Waals surface area contributed by atoms with Gasteiger partial charge in [-0.2, -0.15) is 10.2 Å². The van der Waals surface area contributed by atoms with E-state index in [2.05, 4.69) is 22.4 Å². The molecule has 1 saturated carbocycles. The fraction of sp³-hybridized carbons (Fsp3) is 0.500. The molecule has 1 aliphatic carbocycles. The highest BCUT2D eigenvalue weighted by Crippen LogP contribution is 2.33. The van der Waals surface area contributed by atoms with Gasteiger partial charge in [0.15, 0.2) is 18.1 Å². The van der Waals surface area contributed by atoms with E-state index in [0.29, 0.717) is 17.9 Å². The van der Waals surface area contributed by atoms with Gasteiger partial charge in [0, 0.05) is 0 Å². The number of nitrogens with zero attached hydrogens (tertiary/aromatic N) is 2. The first-order chi connectivity index (χ1) is 9.70. The number of ketones is 1. The second-order valence-corrected chi connectivity index (χ2v) is 5.33. The largest absolute Gasteiger partial charge is 0.300 e. The van der Waals surface area contributed by atoms with Gasteiger partial charge in [-0.15, -0.1) is 0 Å². The number of Topliss-reactive ketones (excluding diaryl/α,β-unsaturated/α-hetero) is 1. The van der Waals surface area contributed by atoms with Crippen molar-refractivity contribution in [1.82, 2.24) is 0 Å². The van der Waals surface area contributed by atoms with E-state index < -0.39 is 6.04 Å². The Kier molecular flexibility index (Phi) is 5.16. The maximum Gasteiger partial charge on any atom is 0.184 e. The third kappa shape index (κ3) is 3.83. The lowest BCUT2D eigenvalue weighted by atomic mass is 9.84. The van der Waals surface area contributed by atoms with E-state index in [1.165, 1.54) is 44.6 Å². The van der Waals surface area contributed by atoms with Crippen molar-refractivity contribution in [3.63, 3.8) is 0 Å². The van der Waals surface area contributed by atoms with E-state index in [4.69, 9.17) is 0 Å². The molecule has 0 amide bonds. The molecule has 1 fully saturated rings. The number of carbonyl (C=O) groups excluding carboxylic acids is 2. The summed E-state index contributed by atoms with van der Waals surface area (Å²) in [7, 11) is 0. The molecule has 4 heteroatoms. The number of hydrogen-bond acceptors (Lipinski definition) is 4. The predicted molar refractivity (Wildman–Crippen MR) is 77.3 cm³/mol. The topological polar surface area (TPSA) is 58.9 Å². The van der Waals surface area contributed by atoms with Crippen molar-refractivity contribution in [2.24, 2.45) is 10.2 Å². The molecule has 1 aromatic carbocycles. The molecule has 0 aromatic heterocycles. The Morgan fingerprint density at radius 2 is 1.85 bits per heavy atom. The summed E-state index contributed by atoms with van der Waals surface area (Å²) in [6.07, 6.45) is 7.01. The average Bonchev–Trinajstić information content (AvgIpc) is 2.49. The van der Waals surface area contributed by atoms with Gasteiger partial charge < -0.3 is 4.79 Å². The van der Waals surface area contributed by atoms with Gasteiger partial charge in [0.1, 0.15) is 0 Å². The third-order valence-electron chi connectivity index (χ3n) is 3.81. The normalized spacial score (nSPS) is 18.1. The summed E-state index contributed by atoms with van der Waals surface area (Å²) in [5.74, 6) is 0.372. The molecule has 106 valence electrons. The first-order valence-electron chi connectivity index (χ1n) is 7.17. The Balaban J connectivity index is 2.02. The standard InChI is InChI=1S/C16H20N2O2/c1-12(20)16(11-19)18-17-15-9-7-14(8-10-15)13-5-3-2-4-6-13/h7-11,13,16H,2-6H2,1H3. The van der Waals surface area contributed by atoms with E-state index in [9.17, 15) is 9.59 Å². The van der Waals surface area contributed by atoms with Gasteiger partial charge in [-0.3, -0.25) is 4.79 Å². The maximum atomic E-state index is 11.1. The van der Waals surface area contributed by atoms with Gasteiger partial charge in [-0.05, 0) is 43.4 Å². The van der Waals surface area contributed by atoms with E-state index in [0.717, 1.165) is 0 Å². The summed E-state index contributed by atoms with van der Waals surface area (Å²) in [5.41, 5.74) is 2.03. The Morgan fingerprint density at radius 3 is 2.40 bits per heavy atom. The Bertz CT molecular complexity index is 488. The number of aldehydes is 1. The van der Waals surface area contributed by atoms with Gasteiger partial charge >= 0.3 is 0 Å². The summed E-state index contributed by atoms with van der Waals surface area (Å²) < 4.78 is 0. The zero-order chi connectivity index (χ0) is 14.4. The predicted octanol–water partition coefficient (Wildman–Crippen LogP) is 3.97. The Hall–Kier alpha value is -1.84. The molecule has 0 bridgehead atoms. The van der Waals surface area contributed by atoms with Crippen LogP contribution in [0.25, 0.3) is 0 Å². The second kappa shape index (κ2) is 7.08. The lowest BCUT2D eigenvalue weighted by molar-refractivity contribution is -0.122. The number of benzene rings is 1. The second-order valence-electron chi connectivity index (χ2n) is 5.33. The van der Waals surface area contributed by atoms with Crippen molar-refractivity contribution in [2.45, 2.75) is 51.0 Å².